The summed E-state index contributed by atoms with van der Waals surface area (Å²) in [4.78, 5) is 21.2. The predicted molar refractivity (Wildman–Crippen MR) is 93.6 cm³/mol. The summed E-state index contributed by atoms with van der Waals surface area (Å²) in [6.07, 6.45) is -1.10. The lowest BCUT2D eigenvalue weighted by Crippen LogP contribution is -2.36. The van der Waals surface area contributed by atoms with Crippen LogP contribution in [0.2, 0.25) is 0 Å². The Labute approximate surface area is 155 Å². The molecule has 1 heterocycles. The number of carbonyl (C=O) groups excluding carboxylic acids is 1. The number of rotatable bonds is 7. The quantitative estimate of drug-likeness (QED) is 0.434. The van der Waals surface area contributed by atoms with Gasteiger partial charge < -0.3 is 10.1 Å². The fourth-order valence-corrected chi connectivity index (χ4v) is 3.82. The standard InChI is InChI=1S/C17H16N2O7S/c20-17-18-13(10-12-6-2-1-3-7-12)15(26-17)11-25-27(23,24)16-9-5-4-8-14(16)19(21)22/h1-9,13,15H,10-11H2,(H,18,20)/t13-,15+/m0/s1. The maximum Gasteiger partial charge on any atom is 0.407 e. The number of para-hydroxylation sites is 1. The first kappa shape index (κ1) is 18.8. The lowest BCUT2D eigenvalue weighted by molar-refractivity contribution is -0.387. The molecule has 1 N–H and O–H groups in total. The molecular formula is C17H16N2O7S. The molecule has 142 valence electrons. The Bertz CT molecular complexity index is 947. The van der Waals surface area contributed by atoms with E-state index in [2.05, 4.69) is 5.32 Å². The lowest BCUT2D eigenvalue weighted by atomic mass is 10.0. The molecule has 0 bridgehead atoms. The zero-order valence-electron chi connectivity index (χ0n) is 14.0. The molecular weight excluding hydrogens is 376 g/mol. The summed E-state index contributed by atoms with van der Waals surface area (Å²) in [7, 11) is -4.40. The van der Waals surface area contributed by atoms with Gasteiger partial charge in [-0.3, -0.25) is 14.3 Å². The van der Waals surface area contributed by atoms with Crippen molar-refractivity contribution in [3.05, 3.63) is 70.3 Å². The summed E-state index contributed by atoms with van der Waals surface area (Å²) in [5, 5.41) is 13.6. The van der Waals surface area contributed by atoms with Crippen molar-refractivity contribution in [3.63, 3.8) is 0 Å². The Morgan fingerprint density at radius 1 is 1.11 bits per heavy atom. The maximum atomic E-state index is 12.4. The largest absolute Gasteiger partial charge is 0.442 e. The number of benzene rings is 2. The molecule has 0 aliphatic carbocycles. The van der Waals surface area contributed by atoms with Crippen molar-refractivity contribution in [3.8, 4) is 0 Å². The third-order valence-electron chi connectivity index (χ3n) is 4.03. The molecule has 27 heavy (non-hydrogen) atoms. The number of amides is 1. The van der Waals surface area contributed by atoms with Gasteiger partial charge in [0.1, 0.15) is 12.7 Å². The molecule has 1 amide bonds. The molecule has 0 spiro atoms. The fraction of sp³-hybridized carbons (Fsp3) is 0.235. The molecule has 1 aliphatic rings. The van der Waals surface area contributed by atoms with Crippen LogP contribution in [0.1, 0.15) is 5.56 Å². The second-order valence-electron chi connectivity index (χ2n) is 5.85. The number of cyclic esters (lactones) is 1. The van der Waals surface area contributed by atoms with E-state index in [0.29, 0.717) is 6.42 Å². The van der Waals surface area contributed by atoms with Crippen LogP contribution >= 0.6 is 0 Å². The van der Waals surface area contributed by atoms with E-state index in [4.69, 9.17) is 8.92 Å². The summed E-state index contributed by atoms with van der Waals surface area (Å²) in [6.45, 7) is -0.454. The molecule has 9 nitrogen and oxygen atoms in total. The van der Waals surface area contributed by atoms with Crippen molar-refractivity contribution in [2.24, 2.45) is 0 Å². The molecule has 2 aromatic carbocycles. The van der Waals surface area contributed by atoms with E-state index in [1.165, 1.54) is 12.1 Å². The fourth-order valence-electron chi connectivity index (χ4n) is 2.74. The Kier molecular flexibility index (Phi) is 5.38. The number of nitrogens with one attached hydrogen (secondary N) is 1. The molecule has 2 atom stereocenters. The number of nitro benzene ring substituents is 1. The van der Waals surface area contributed by atoms with Crippen molar-refractivity contribution in [1.29, 1.82) is 0 Å². The highest BCUT2D eigenvalue weighted by Gasteiger charge is 2.36. The molecule has 0 radical (unpaired) electrons. The third kappa shape index (κ3) is 4.41. The number of nitrogens with zero attached hydrogens (tertiary/aromatic N) is 1. The predicted octanol–water partition coefficient (Wildman–Crippen LogP) is 2.02. The number of hydrogen-bond donors (Lipinski definition) is 1. The highest BCUT2D eigenvalue weighted by Crippen LogP contribution is 2.25. The average molecular weight is 392 g/mol. The Morgan fingerprint density at radius 3 is 2.48 bits per heavy atom. The van der Waals surface area contributed by atoms with Crippen LogP contribution < -0.4 is 5.32 Å². The lowest BCUT2D eigenvalue weighted by Gasteiger charge is -2.17. The zero-order valence-corrected chi connectivity index (χ0v) is 14.8. The second kappa shape index (κ2) is 7.72. The van der Waals surface area contributed by atoms with Crippen LogP contribution in [0.25, 0.3) is 0 Å². The first-order valence-electron chi connectivity index (χ1n) is 8.01. The first-order chi connectivity index (χ1) is 12.9. The van der Waals surface area contributed by atoms with E-state index < -0.39 is 50.5 Å². The number of nitro groups is 1. The van der Waals surface area contributed by atoms with Gasteiger partial charge in [-0.15, -0.1) is 0 Å². The topological polar surface area (TPSA) is 125 Å². The van der Waals surface area contributed by atoms with Crippen LogP contribution in [0, 0.1) is 10.1 Å². The zero-order chi connectivity index (χ0) is 19.4. The summed E-state index contributed by atoms with van der Waals surface area (Å²) < 4.78 is 34.8. The Balaban J connectivity index is 1.72. The molecule has 1 aliphatic heterocycles. The van der Waals surface area contributed by atoms with E-state index in [0.717, 1.165) is 17.7 Å². The van der Waals surface area contributed by atoms with Crippen molar-refractivity contribution in [2.75, 3.05) is 6.61 Å². The van der Waals surface area contributed by atoms with Crippen LogP contribution in [-0.2, 0) is 25.5 Å². The van der Waals surface area contributed by atoms with Gasteiger partial charge in [0.05, 0.1) is 11.0 Å². The highest BCUT2D eigenvalue weighted by atomic mass is 32.2. The van der Waals surface area contributed by atoms with Crippen LogP contribution in [0.4, 0.5) is 10.5 Å². The van der Waals surface area contributed by atoms with Gasteiger partial charge in [-0.1, -0.05) is 42.5 Å². The summed E-state index contributed by atoms with van der Waals surface area (Å²) in [6, 6.07) is 13.7. The van der Waals surface area contributed by atoms with E-state index in [-0.39, 0.29) is 0 Å². The molecule has 1 fully saturated rings. The minimum Gasteiger partial charge on any atom is -0.442 e. The van der Waals surface area contributed by atoms with Gasteiger partial charge in [-0.25, -0.2) is 4.79 Å². The van der Waals surface area contributed by atoms with Gasteiger partial charge in [-0.2, -0.15) is 8.42 Å². The van der Waals surface area contributed by atoms with Gasteiger partial charge >= 0.3 is 16.2 Å². The van der Waals surface area contributed by atoms with Crippen LogP contribution in [0.3, 0.4) is 0 Å². The van der Waals surface area contributed by atoms with Crippen molar-refractivity contribution in [1.82, 2.24) is 5.32 Å². The Morgan fingerprint density at radius 2 is 1.78 bits per heavy atom. The van der Waals surface area contributed by atoms with Crippen molar-refractivity contribution >= 4 is 21.9 Å². The van der Waals surface area contributed by atoms with E-state index in [9.17, 15) is 23.3 Å². The van der Waals surface area contributed by atoms with E-state index in [1.807, 2.05) is 30.3 Å². The molecule has 1 saturated heterocycles. The summed E-state index contributed by atoms with van der Waals surface area (Å²) in [5.41, 5.74) is 0.347. The van der Waals surface area contributed by atoms with Gasteiger partial charge in [0.25, 0.3) is 5.69 Å². The number of carbonyl (C=O) groups is 1. The monoisotopic (exact) mass is 392 g/mol. The van der Waals surface area contributed by atoms with Crippen molar-refractivity contribution < 1.29 is 27.1 Å². The summed E-state index contributed by atoms with van der Waals surface area (Å²) in [5.74, 6) is 0. The van der Waals surface area contributed by atoms with E-state index >= 15 is 0 Å². The number of hydrogen-bond acceptors (Lipinski definition) is 7. The minimum absolute atomic E-state index is 0.423. The van der Waals surface area contributed by atoms with Gasteiger partial charge in [0, 0.05) is 6.07 Å². The van der Waals surface area contributed by atoms with Crippen molar-refractivity contribution in [2.45, 2.75) is 23.5 Å². The van der Waals surface area contributed by atoms with Crippen LogP contribution in [0.5, 0.6) is 0 Å². The molecule has 0 unspecified atom stereocenters. The molecule has 3 rings (SSSR count). The first-order valence-corrected chi connectivity index (χ1v) is 9.41. The SMILES string of the molecule is O=C1N[C@@H](Cc2ccccc2)[C@@H](COS(=O)(=O)c2ccccc2[N+](=O)[O-])O1. The third-order valence-corrected chi connectivity index (χ3v) is 5.36. The normalized spacial score (nSPS) is 19.3. The summed E-state index contributed by atoms with van der Waals surface area (Å²) >= 11 is 0. The number of alkyl carbamates (subject to hydrolysis) is 1. The molecule has 0 aromatic heterocycles. The number of ether oxygens (including phenoxy) is 1. The minimum atomic E-state index is -4.40. The molecule has 10 heteroatoms. The molecule has 0 saturated carbocycles. The van der Waals surface area contributed by atoms with Gasteiger partial charge in [0.15, 0.2) is 4.90 Å². The maximum absolute atomic E-state index is 12.4. The van der Waals surface area contributed by atoms with E-state index in [1.54, 1.807) is 0 Å². The van der Waals surface area contributed by atoms with Gasteiger partial charge in [-0.05, 0) is 18.1 Å². The van der Waals surface area contributed by atoms with Gasteiger partial charge in [0.2, 0.25) is 0 Å². The highest BCUT2D eigenvalue weighted by molar-refractivity contribution is 7.87. The van der Waals surface area contributed by atoms with Crippen LogP contribution in [0.15, 0.2) is 59.5 Å². The Hall–Kier alpha value is -2.98. The smallest absolute Gasteiger partial charge is 0.407 e. The van der Waals surface area contributed by atoms with Crippen LogP contribution in [-0.4, -0.2) is 38.2 Å². The average Bonchev–Trinajstić information content (AvgIpc) is 3.00. The second-order valence-corrected chi connectivity index (χ2v) is 7.43. The molecule has 2 aromatic rings.